The Morgan fingerprint density at radius 3 is 2.08 bits per heavy atom. The molecule has 70 valence electrons. The fourth-order valence-corrected chi connectivity index (χ4v) is 2.18. The van der Waals surface area contributed by atoms with Crippen molar-refractivity contribution in [2.75, 3.05) is 6.54 Å². The second-order valence-corrected chi connectivity index (χ2v) is 3.58. The molecule has 2 atom stereocenters. The number of carbonyl (C=O) groups excluding carboxylic acids is 2. The zero-order valence-electron chi connectivity index (χ0n) is 7.69. The molecule has 3 nitrogen and oxygen atoms in total. The third kappa shape index (κ3) is 1.10. The number of imide groups is 1. The Hall–Kier alpha value is -1.12. The van der Waals surface area contributed by atoms with Gasteiger partial charge in [0.05, 0.1) is 11.8 Å². The lowest BCUT2D eigenvalue weighted by atomic mass is 9.85. The summed E-state index contributed by atoms with van der Waals surface area (Å²) in [4.78, 5) is 24.7. The lowest BCUT2D eigenvalue weighted by molar-refractivity contribution is -0.139. The number of hydrogen-bond donors (Lipinski definition) is 0. The zero-order valence-corrected chi connectivity index (χ0v) is 7.69. The van der Waals surface area contributed by atoms with Gasteiger partial charge in [0.25, 0.3) is 0 Å². The molecule has 0 aromatic heterocycles. The van der Waals surface area contributed by atoms with E-state index in [1.807, 2.05) is 19.1 Å². The van der Waals surface area contributed by atoms with Gasteiger partial charge in [0.1, 0.15) is 0 Å². The Morgan fingerprint density at radius 1 is 1.23 bits per heavy atom. The first-order valence-corrected chi connectivity index (χ1v) is 4.76. The Kier molecular flexibility index (Phi) is 1.94. The standard InChI is InChI=1S/C10H13NO2/c1-2-11-9(12)7-5-3-4-6-8(7)10(11)13/h3-4,7-8H,2,5-6H2,1H3/t7-,8+. The zero-order chi connectivity index (χ0) is 9.42. The summed E-state index contributed by atoms with van der Waals surface area (Å²) in [7, 11) is 0. The summed E-state index contributed by atoms with van der Waals surface area (Å²) in [5.74, 6) is -0.0569. The molecule has 0 aromatic rings. The van der Waals surface area contributed by atoms with Gasteiger partial charge in [0.15, 0.2) is 0 Å². The smallest absolute Gasteiger partial charge is 0.233 e. The van der Waals surface area contributed by atoms with Crippen molar-refractivity contribution in [3.63, 3.8) is 0 Å². The molecule has 1 aliphatic heterocycles. The molecule has 0 radical (unpaired) electrons. The van der Waals surface area contributed by atoms with Crippen LogP contribution in [0.5, 0.6) is 0 Å². The summed E-state index contributed by atoms with van der Waals surface area (Å²) in [6.45, 7) is 2.37. The molecule has 1 saturated heterocycles. The van der Waals surface area contributed by atoms with E-state index in [1.54, 1.807) is 0 Å². The number of rotatable bonds is 1. The Bertz CT molecular complexity index is 257. The van der Waals surface area contributed by atoms with Crippen LogP contribution in [-0.2, 0) is 9.59 Å². The van der Waals surface area contributed by atoms with Crippen molar-refractivity contribution in [1.29, 1.82) is 0 Å². The molecule has 1 heterocycles. The van der Waals surface area contributed by atoms with Crippen LogP contribution in [0.15, 0.2) is 12.2 Å². The van der Waals surface area contributed by atoms with Gasteiger partial charge >= 0.3 is 0 Å². The van der Waals surface area contributed by atoms with Gasteiger partial charge < -0.3 is 0 Å². The van der Waals surface area contributed by atoms with Crippen LogP contribution in [0.2, 0.25) is 0 Å². The number of likely N-dealkylation sites (tertiary alicyclic amines) is 1. The van der Waals surface area contributed by atoms with E-state index in [2.05, 4.69) is 0 Å². The highest BCUT2D eigenvalue weighted by Crippen LogP contribution is 2.34. The number of fused-ring (bicyclic) bond motifs is 1. The van der Waals surface area contributed by atoms with Crippen LogP contribution in [0.1, 0.15) is 19.8 Å². The fourth-order valence-electron chi connectivity index (χ4n) is 2.18. The molecular formula is C10H13NO2. The number of nitrogens with zero attached hydrogens (tertiary/aromatic N) is 1. The average Bonchev–Trinajstić information content (AvgIpc) is 2.41. The number of amides is 2. The van der Waals surface area contributed by atoms with E-state index in [1.165, 1.54) is 4.90 Å². The number of hydrogen-bond acceptors (Lipinski definition) is 2. The maximum absolute atomic E-state index is 11.7. The molecule has 2 amide bonds. The van der Waals surface area contributed by atoms with Crippen LogP contribution in [0.3, 0.4) is 0 Å². The minimum atomic E-state index is -0.0579. The third-order valence-corrected chi connectivity index (χ3v) is 2.92. The Balaban J connectivity index is 2.27. The van der Waals surface area contributed by atoms with Gasteiger partial charge in [-0.3, -0.25) is 14.5 Å². The molecule has 13 heavy (non-hydrogen) atoms. The summed E-state index contributed by atoms with van der Waals surface area (Å²) in [5.41, 5.74) is 0. The van der Waals surface area contributed by atoms with Crippen LogP contribution in [0.25, 0.3) is 0 Å². The van der Waals surface area contributed by atoms with Crippen LogP contribution in [-0.4, -0.2) is 23.3 Å². The molecule has 0 saturated carbocycles. The molecule has 0 N–H and O–H groups in total. The lowest BCUT2D eigenvalue weighted by Gasteiger charge is -2.14. The summed E-state index contributed by atoms with van der Waals surface area (Å²) < 4.78 is 0. The SMILES string of the molecule is CCN1C(=O)[C@H]2CC=CC[C@H]2C1=O. The molecule has 0 bridgehead atoms. The predicted octanol–water partition coefficient (Wildman–Crippen LogP) is 0.958. The van der Waals surface area contributed by atoms with Crippen LogP contribution < -0.4 is 0 Å². The largest absolute Gasteiger partial charge is 0.282 e. The molecule has 1 fully saturated rings. The third-order valence-electron chi connectivity index (χ3n) is 2.92. The van der Waals surface area contributed by atoms with Crippen LogP contribution in [0, 0.1) is 11.8 Å². The van der Waals surface area contributed by atoms with Gasteiger partial charge in [-0.25, -0.2) is 0 Å². The molecule has 0 unspecified atom stereocenters. The van der Waals surface area contributed by atoms with E-state index >= 15 is 0 Å². The number of allylic oxidation sites excluding steroid dienone is 2. The van der Waals surface area contributed by atoms with Crippen molar-refractivity contribution in [3.8, 4) is 0 Å². The van der Waals surface area contributed by atoms with E-state index in [9.17, 15) is 9.59 Å². The first-order chi connectivity index (χ1) is 6.25. The number of carbonyl (C=O) groups is 2. The molecule has 2 rings (SSSR count). The molecule has 2 aliphatic rings. The van der Waals surface area contributed by atoms with Gasteiger partial charge in [0.2, 0.25) is 11.8 Å². The first kappa shape index (κ1) is 8.48. The van der Waals surface area contributed by atoms with Crippen molar-refractivity contribution in [3.05, 3.63) is 12.2 Å². The average molecular weight is 179 g/mol. The van der Waals surface area contributed by atoms with Gasteiger partial charge in [-0.1, -0.05) is 12.2 Å². The highest BCUT2D eigenvalue weighted by Gasteiger charge is 2.46. The van der Waals surface area contributed by atoms with E-state index in [0.29, 0.717) is 6.54 Å². The van der Waals surface area contributed by atoms with Crippen molar-refractivity contribution in [1.82, 2.24) is 4.90 Å². The van der Waals surface area contributed by atoms with Crippen molar-refractivity contribution in [2.24, 2.45) is 11.8 Å². The lowest BCUT2D eigenvalue weighted by Crippen LogP contribution is -2.30. The maximum atomic E-state index is 11.7. The highest BCUT2D eigenvalue weighted by atomic mass is 16.2. The normalized spacial score (nSPS) is 32.5. The van der Waals surface area contributed by atoms with E-state index < -0.39 is 0 Å². The first-order valence-electron chi connectivity index (χ1n) is 4.76. The summed E-state index contributed by atoms with van der Waals surface area (Å²) in [6.07, 6.45) is 5.49. The van der Waals surface area contributed by atoms with Crippen molar-refractivity contribution >= 4 is 11.8 Å². The van der Waals surface area contributed by atoms with E-state index in [4.69, 9.17) is 0 Å². The topological polar surface area (TPSA) is 37.4 Å². The van der Waals surface area contributed by atoms with Gasteiger partial charge in [0, 0.05) is 6.54 Å². The second kappa shape index (κ2) is 2.98. The van der Waals surface area contributed by atoms with Gasteiger partial charge in [-0.05, 0) is 19.8 Å². The predicted molar refractivity (Wildman–Crippen MR) is 47.7 cm³/mol. The minimum absolute atomic E-state index is 0.0295. The summed E-state index contributed by atoms with van der Waals surface area (Å²) >= 11 is 0. The van der Waals surface area contributed by atoms with Crippen molar-refractivity contribution < 1.29 is 9.59 Å². The maximum Gasteiger partial charge on any atom is 0.233 e. The molecule has 1 aliphatic carbocycles. The molecular weight excluding hydrogens is 166 g/mol. The Morgan fingerprint density at radius 2 is 1.69 bits per heavy atom. The highest BCUT2D eigenvalue weighted by molar-refractivity contribution is 6.05. The minimum Gasteiger partial charge on any atom is -0.282 e. The monoisotopic (exact) mass is 179 g/mol. The quantitative estimate of drug-likeness (QED) is 0.444. The summed E-state index contributed by atoms with van der Waals surface area (Å²) in [5, 5.41) is 0. The van der Waals surface area contributed by atoms with E-state index in [0.717, 1.165) is 12.8 Å². The van der Waals surface area contributed by atoms with Crippen molar-refractivity contribution in [2.45, 2.75) is 19.8 Å². The summed E-state index contributed by atoms with van der Waals surface area (Å²) in [6, 6.07) is 0. The molecule has 3 heteroatoms. The fraction of sp³-hybridized carbons (Fsp3) is 0.600. The Labute approximate surface area is 77.4 Å². The molecule has 0 spiro atoms. The second-order valence-electron chi connectivity index (χ2n) is 3.58. The van der Waals surface area contributed by atoms with E-state index in [-0.39, 0.29) is 23.7 Å². The van der Waals surface area contributed by atoms with Crippen LogP contribution >= 0.6 is 0 Å². The van der Waals surface area contributed by atoms with Crippen LogP contribution in [0.4, 0.5) is 0 Å². The van der Waals surface area contributed by atoms with Gasteiger partial charge in [-0.15, -0.1) is 0 Å². The molecule has 0 aromatic carbocycles. The van der Waals surface area contributed by atoms with Gasteiger partial charge in [-0.2, -0.15) is 0 Å².